The van der Waals surface area contributed by atoms with E-state index in [-0.39, 0.29) is 11.3 Å². The lowest BCUT2D eigenvalue weighted by Crippen LogP contribution is -2.60. The molecule has 29 heavy (non-hydrogen) atoms. The highest BCUT2D eigenvalue weighted by Crippen LogP contribution is 2.41. The highest BCUT2D eigenvalue weighted by atomic mass is 16.5. The van der Waals surface area contributed by atoms with E-state index in [1.165, 1.54) is 0 Å². The van der Waals surface area contributed by atoms with Gasteiger partial charge < -0.3 is 19.6 Å². The number of methoxy groups -OCH3 is 1. The first-order valence-corrected chi connectivity index (χ1v) is 10.1. The molecule has 0 bridgehead atoms. The van der Waals surface area contributed by atoms with E-state index in [1.807, 2.05) is 17.2 Å². The Labute approximate surface area is 170 Å². The summed E-state index contributed by atoms with van der Waals surface area (Å²) in [6, 6.07) is 1.86. The van der Waals surface area contributed by atoms with Gasteiger partial charge in [-0.3, -0.25) is 9.48 Å². The number of aliphatic hydroxyl groups excluding tert-OH is 1. The largest absolute Gasteiger partial charge is 0.478 e. The Morgan fingerprint density at radius 1 is 1.28 bits per heavy atom. The Hall–Kier alpha value is -2.68. The van der Waals surface area contributed by atoms with Crippen molar-refractivity contribution in [1.29, 1.82) is 0 Å². The molecule has 2 fully saturated rings. The van der Waals surface area contributed by atoms with Gasteiger partial charge in [0.15, 0.2) is 5.82 Å². The van der Waals surface area contributed by atoms with Crippen LogP contribution < -0.4 is 9.64 Å². The van der Waals surface area contributed by atoms with Gasteiger partial charge in [-0.15, -0.1) is 0 Å². The highest BCUT2D eigenvalue weighted by molar-refractivity contribution is 5.76. The van der Waals surface area contributed by atoms with Gasteiger partial charge in [0.25, 0.3) is 5.88 Å². The summed E-state index contributed by atoms with van der Waals surface area (Å²) >= 11 is 0. The third kappa shape index (κ3) is 4.05. The first-order chi connectivity index (χ1) is 14.1. The standard InChI is InChI=1S/C20H28N6O3/c1-29-19-18(21-8-9-22-19)25-12-4-16(27)20(15-25)6-2-10-24(14-20)17(28)5-13-26-11-3-7-23-26/h3,7-9,11,16,27H,2,4-6,10,12-15H2,1H3/t16-,20+/m1/s1. The normalized spacial score (nSPS) is 24.7. The molecule has 0 saturated carbocycles. The van der Waals surface area contributed by atoms with E-state index in [2.05, 4.69) is 20.0 Å². The summed E-state index contributed by atoms with van der Waals surface area (Å²) in [5, 5.41) is 15.1. The summed E-state index contributed by atoms with van der Waals surface area (Å²) in [7, 11) is 1.59. The molecule has 4 heterocycles. The smallest absolute Gasteiger partial charge is 0.257 e. The molecule has 4 rings (SSSR count). The lowest BCUT2D eigenvalue weighted by Gasteiger charge is -2.51. The van der Waals surface area contributed by atoms with E-state index < -0.39 is 6.10 Å². The van der Waals surface area contributed by atoms with Crippen LogP contribution in [0.2, 0.25) is 0 Å². The van der Waals surface area contributed by atoms with Crippen molar-refractivity contribution in [2.75, 3.05) is 38.2 Å². The van der Waals surface area contributed by atoms with E-state index in [0.717, 1.165) is 19.4 Å². The summed E-state index contributed by atoms with van der Waals surface area (Å²) in [6.45, 7) is 3.18. The van der Waals surface area contributed by atoms with Gasteiger partial charge in [0, 0.05) is 69.3 Å². The number of ether oxygens (including phenoxy) is 1. The minimum absolute atomic E-state index is 0.112. The molecule has 2 aromatic rings. The molecule has 1 amide bonds. The average Bonchev–Trinajstić information content (AvgIpc) is 3.28. The van der Waals surface area contributed by atoms with Crippen LogP contribution in [-0.2, 0) is 11.3 Å². The molecule has 0 unspecified atom stereocenters. The van der Waals surface area contributed by atoms with Crippen LogP contribution in [0.5, 0.6) is 5.88 Å². The molecule has 1 spiro atoms. The van der Waals surface area contributed by atoms with Crippen molar-refractivity contribution < 1.29 is 14.6 Å². The molecule has 0 aliphatic carbocycles. The zero-order valence-corrected chi connectivity index (χ0v) is 16.8. The maximum atomic E-state index is 12.8. The maximum Gasteiger partial charge on any atom is 0.257 e. The van der Waals surface area contributed by atoms with Crippen molar-refractivity contribution in [2.45, 2.75) is 38.3 Å². The van der Waals surface area contributed by atoms with Crippen molar-refractivity contribution in [3.05, 3.63) is 30.9 Å². The fourth-order valence-corrected chi connectivity index (χ4v) is 4.58. The first kappa shape index (κ1) is 19.6. The number of anilines is 1. The molecule has 2 aliphatic rings. The number of amides is 1. The number of nitrogens with zero attached hydrogens (tertiary/aromatic N) is 6. The quantitative estimate of drug-likeness (QED) is 0.798. The number of hydrogen-bond donors (Lipinski definition) is 1. The van der Waals surface area contributed by atoms with Gasteiger partial charge >= 0.3 is 0 Å². The van der Waals surface area contributed by atoms with Gasteiger partial charge in [0.05, 0.1) is 13.2 Å². The van der Waals surface area contributed by atoms with Gasteiger partial charge in [-0.2, -0.15) is 5.10 Å². The number of aromatic nitrogens is 4. The summed E-state index contributed by atoms with van der Waals surface area (Å²) in [6.07, 6.45) is 9.22. The fraction of sp³-hybridized carbons (Fsp3) is 0.600. The molecule has 2 aliphatic heterocycles. The van der Waals surface area contributed by atoms with Gasteiger partial charge in [-0.1, -0.05) is 0 Å². The Morgan fingerprint density at radius 3 is 2.93 bits per heavy atom. The first-order valence-electron chi connectivity index (χ1n) is 10.1. The number of aliphatic hydroxyl groups is 1. The molecule has 2 saturated heterocycles. The van der Waals surface area contributed by atoms with E-state index in [4.69, 9.17) is 4.74 Å². The minimum Gasteiger partial charge on any atom is -0.478 e. The zero-order valence-electron chi connectivity index (χ0n) is 16.8. The summed E-state index contributed by atoms with van der Waals surface area (Å²) in [4.78, 5) is 25.6. The lowest BCUT2D eigenvalue weighted by molar-refractivity contribution is -0.138. The predicted octanol–water partition coefficient (Wildman–Crippen LogP) is 0.952. The Bertz CT molecular complexity index is 829. The van der Waals surface area contributed by atoms with E-state index in [1.54, 1.807) is 30.4 Å². The Kier molecular flexibility index (Phi) is 5.66. The maximum absolute atomic E-state index is 12.8. The highest BCUT2D eigenvalue weighted by Gasteiger charge is 2.47. The van der Waals surface area contributed by atoms with Crippen LogP contribution in [0.3, 0.4) is 0 Å². The number of rotatable bonds is 5. The number of likely N-dealkylation sites (tertiary alicyclic amines) is 1. The zero-order chi connectivity index (χ0) is 20.3. The lowest BCUT2D eigenvalue weighted by atomic mass is 9.71. The van der Waals surface area contributed by atoms with Crippen LogP contribution in [0, 0.1) is 5.41 Å². The van der Waals surface area contributed by atoms with Gasteiger partial charge in [-0.05, 0) is 25.3 Å². The Morgan fingerprint density at radius 2 is 2.14 bits per heavy atom. The van der Waals surface area contributed by atoms with Crippen molar-refractivity contribution in [2.24, 2.45) is 5.41 Å². The number of carbonyl (C=O) groups excluding carboxylic acids is 1. The molecule has 1 N–H and O–H groups in total. The van der Waals surface area contributed by atoms with Gasteiger partial charge in [0.2, 0.25) is 5.91 Å². The molecule has 9 nitrogen and oxygen atoms in total. The second kappa shape index (κ2) is 8.36. The second-order valence-corrected chi connectivity index (χ2v) is 7.92. The molecule has 2 atom stereocenters. The molecular formula is C20H28N6O3. The van der Waals surface area contributed by atoms with Crippen LogP contribution in [-0.4, -0.2) is 75.1 Å². The van der Waals surface area contributed by atoms with Crippen molar-refractivity contribution in [3.63, 3.8) is 0 Å². The number of aryl methyl sites for hydroxylation is 1. The van der Waals surface area contributed by atoms with E-state index >= 15 is 0 Å². The summed E-state index contributed by atoms with van der Waals surface area (Å²) in [5.41, 5.74) is -0.361. The minimum atomic E-state index is -0.442. The topological polar surface area (TPSA) is 96.6 Å². The van der Waals surface area contributed by atoms with Crippen LogP contribution in [0.1, 0.15) is 25.7 Å². The van der Waals surface area contributed by atoms with Gasteiger partial charge in [-0.25, -0.2) is 9.97 Å². The summed E-state index contributed by atoms with van der Waals surface area (Å²) < 4.78 is 7.15. The van der Waals surface area contributed by atoms with Crippen LogP contribution in [0.15, 0.2) is 30.9 Å². The molecular weight excluding hydrogens is 372 g/mol. The van der Waals surface area contributed by atoms with Crippen LogP contribution in [0.25, 0.3) is 0 Å². The van der Waals surface area contributed by atoms with E-state index in [9.17, 15) is 9.90 Å². The molecule has 9 heteroatoms. The second-order valence-electron chi connectivity index (χ2n) is 7.92. The molecule has 0 aromatic carbocycles. The molecule has 156 valence electrons. The number of piperidine rings is 2. The monoisotopic (exact) mass is 400 g/mol. The molecule has 0 radical (unpaired) electrons. The predicted molar refractivity (Wildman–Crippen MR) is 107 cm³/mol. The third-order valence-corrected chi connectivity index (χ3v) is 6.10. The SMILES string of the molecule is COc1nccnc1N1CC[C@@H](O)[C@]2(CCCN(C(=O)CCn3cccn3)C2)C1. The van der Waals surface area contributed by atoms with Crippen molar-refractivity contribution >= 4 is 11.7 Å². The third-order valence-electron chi connectivity index (χ3n) is 6.10. The fourth-order valence-electron chi connectivity index (χ4n) is 4.58. The van der Waals surface area contributed by atoms with Crippen LogP contribution >= 0.6 is 0 Å². The summed E-state index contributed by atoms with van der Waals surface area (Å²) in [5.74, 6) is 1.30. The Balaban J connectivity index is 1.47. The molecule has 2 aromatic heterocycles. The van der Waals surface area contributed by atoms with Crippen molar-refractivity contribution in [1.82, 2.24) is 24.6 Å². The van der Waals surface area contributed by atoms with Crippen LogP contribution in [0.4, 0.5) is 5.82 Å². The van der Waals surface area contributed by atoms with Gasteiger partial charge in [0.1, 0.15) is 0 Å². The number of hydrogen-bond acceptors (Lipinski definition) is 7. The number of carbonyl (C=O) groups is 1. The van der Waals surface area contributed by atoms with E-state index in [0.29, 0.717) is 50.7 Å². The average molecular weight is 400 g/mol. The van der Waals surface area contributed by atoms with Crippen molar-refractivity contribution in [3.8, 4) is 5.88 Å².